The van der Waals surface area contributed by atoms with Crippen molar-refractivity contribution in [1.82, 2.24) is 4.90 Å². The molecule has 2 heterocycles. The Kier molecular flexibility index (Phi) is 4.57. The van der Waals surface area contributed by atoms with E-state index in [0.717, 1.165) is 38.0 Å². The zero-order chi connectivity index (χ0) is 13.9. The van der Waals surface area contributed by atoms with Crippen LogP contribution in [-0.4, -0.2) is 35.0 Å². The second-order valence-electron chi connectivity index (χ2n) is 5.56. The first-order valence-corrected chi connectivity index (χ1v) is 8.91. The highest BCUT2D eigenvalue weighted by Crippen LogP contribution is 2.41. The summed E-state index contributed by atoms with van der Waals surface area (Å²) in [5, 5.41) is 0. The lowest BCUT2D eigenvalue weighted by Crippen LogP contribution is -2.39. The van der Waals surface area contributed by atoms with E-state index in [4.69, 9.17) is 11.6 Å². The van der Waals surface area contributed by atoms with Crippen LogP contribution in [0, 0.1) is 0 Å². The van der Waals surface area contributed by atoms with Gasteiger partial charge < -0.3 is 4.90 Å². The first kappa shape index (κ1) is 14.3. The standard InChI is InChI=1S/C16H20ClNOS/c17-9-3-5-12-6-4-10-18(12)16(19)14-11-20-15-8-2-1-7-13(14)15/h1-2,7-8,12,14H,3-6,9-11H2. The molecule has 1 aromatic rings. The number of carbonyl (C=O) groups is 1. The third kappa shape index (κ3) is 2.71. The van der Waals surface area contributed by atoms with Gasteiger partial charge in [-0.2, -0.15) is 0 Å². The van der Waals surface area contributed by atoms with Crippen molar-refractivity contribution in [2.75, 3.05) is 18.2 Å². The minimum atomic E-state index is 0.0628. The van der Waals surface area contributed by atoms with Gasteiger partial charge in [-0.1, -0.05) is 18.2 Å². The maximum absolute atomic E-state index is 12.9. The number of thioether (sulfide) groups is 1. The number of carbonyl (C=O) groups excluding carboxylic acids is 1. The molecule has 2 aliphatic heterocycles. The minimum absolute atomic E-state index is 0.0628. The minimum Gasteiger partial charge on any atom is -0.339 e. The van der Waals surface area contributed by atoms with Crippen molar-refractivity contribution in [2.24, 2.45) is 0 Å². The molecule has 0 radical (unpaired) electrons. The Bertz CT molecular complexity index is 493. The topological polar surface area (TPSA) is 20.3 Å². The van der Waals surface area contributed by atoms with Crippen molar-refractivity contribution < 1.29 is 4.79 Å². The summed E-state index contributed by atoms with van der Waals surface area (Å²) in [5.74, 6) is 1.99. The fourth-order valence-electron chi connectivity index (χ4n) is 3.31. The Labute approximate surface area is 129 Å². The summed E-state index contributed by atoms with van der Waals surface area (Å²) in [6, 6.07) is 8.75. The highest BCUT2D eigenvalue weighted by atomic mass is 35.5. The Morgan fingerprint density at radius 1 is 1.40 bits per heavy atom. The maximum Gasteiger partial charge on any atom is 0.231 e. The summed E-state index contributed by atoms with van der Waals surface area (Å²) in [4.78, 5) is 16.3. The van der Waals surface area contributed by atoms with Gasteiger partial charge in [-0.3, -0.25) is 4.79 Å². The predicted molar refractivity (Wildman–Crippen MR) is 84.6 cm³/mol. The van der Waals surface area contributed by atoms with Gasteiger partial charge >= 0.3 is 0 Å². The van der Waals surface area contributed by atoms with Crippen LogP contribution in [-0.2, 0) is 4.79 Å². The Balaban J connectivity index is 1.73. The fraction of sp³-hybridized carbons (Fsp3) is 0.562. The number of hydrogen-bond acceptors (Lipinski definition) is 2. The van der Waals surface area contributed by atoms with Gasteiger partial charge in [0.25, 0.3) is 0 Å². The highest BCUT2D eigenvalue weighted by molar-refractivity contribution is 7.99. The third-order valence-electron chi connectivity index (χ3n) is 4.33. The molecule has 2 unspecified atom stereocenters. The molecule has 0 aliphatic carbocycles. The molecule has 0 spiro atoms. The summed E-state index contributed by atoms with van der Waals surface area (Å²) in [6.07, 6.45) is 4.34. The lowest BCUT2D eigenvalue weighted by molar-refractivity contribution is -0.133. The van der Waals surface area contributed by atoms with E-state index in [2.05, 4.69) is 23.1 Å². The molecule has 0 bridgehead atoms. The molecule has 3 rings (SSSR count). The molecule has 20 heavy (non-hydrogen) atoms. The number of hydrogen-bond donors (Lipinski definition) is 0. The fourth-order valence-corrected chi connectivity index (χ4v) is 4.68. The van der Waals surface area contributed by atoms with Gasteiger partial charge in [0, 0.05) is 29.1 Å². The average molecular weight is 310 g/mol. The van der Waals surface area contributed by atoms with Gasteiger partial charge in [-0.25, -0.2) is 0 Å². The summed E-state index contributed by atoms with van der Waals surface area (Å²) in [6.45, 7) is 0.926. The smallest absolute Gasteiger partial charge is 0.231 e. The highest BCUT2D eigenvalue weighted by Gasteiger charge is 2.36. The second-order valence-corrected chi connectivity index (χ2v) is 7.00. The van der Waals surface area contributed by atoms with Crippen LogP contribution in [0.1, 0.15) is 37.2 Å². The van der Waals surface area contributed by atoms with Gasteiger partial charge in [0.1, 0.15) is 0 Å². The van der Waals surface area contributed by atoms with Gasteiger partial charge in [0.05, 0.1) is 5.92 Å². The summed E-state index contributed by atoms with van der Waals surface area (Å²) >= 11 is 7.61. The van der Waals surface area contributed by atoms with Crippen LogP contribution in [0.2, 0.25) is 0 Å². The molecule has 108 valence electrons. The molecule has 1 aromatic carbocycles. The Morgan fingerprint density at radius 3 is 3.10 bits per heavy atom. The van der Waals surface area contributed by atoms with Gasteiger partial charge in [0.2, 0.25) is 5.91 Å². The molecular weight excluding hydrogens is 290 g/mol. The van der Waals surface area contributed by atoms with Crippen LogP contribution in [0.3, 0.4) is 0 Å². The molecule has 4 heteroatoms. The van der Waals surface area contributed by atoms with E-state index < -0.39 is 0 Å². The molecular formula is C16H20ClNOS. The normalized spacial score (nSPS) is 24.9. The Hall–Kier alpha value is -0.670. The van der Waals surface area contributed by atoms with E-state index in [9.17, 15) is 4.79 Å². The van der Waals surface area contributed by atoms with Crippen LogP contribution >= 0.6 is 23.4 Å². The number of nitrogens with zero attached hydrogens (tertiary/aromatic N) is 1. The number of halogens is 1. The predicted octanol–water partition coefficient (Wildman–Crippen LogP) is 3.89. The molecule has 2 atom stereocenters. The number of alkyl halides is 1. The van der Waals surface area contributed by atoms with E-state index in [-0.39, 0.29) is 5.92 Å². The van der Waals surface area contributed by atoms with Crippen LogP contribution in [0.15, 0.2) is 29.2 Å². The largest absolute Gasteiger partial charge is 0.339 e. The van der Waals surface area contributed by atoms with Gasteiger partial charge in [-0.05, 0) is 37.3 Å². The number of amides is 1. The van der Waals surface area contributed by atoms with Crippen molar-refractivity contribution in [3.63, 3.8) is 0 Å². The van der Waals surface area contributed by atoms with Gasteiger partial charge in [0.15, 0.2) is 0 Å². The average Bonchev–Trinajstić information content (AvgIpc) is 3.11. The van der Waals surface area contributed by atoms with Crippen LogP contribution < -0.4 is 0 Å². The quantitative estimate of drug-likeness (QED) is 0.787. The van der Waals surface area contributed by atoms with Crippen molar-refractivity contribution >= 4 is 29.3 Å². The third-order valence-corrected chi connectivity index (χ3v) is 5.78. The summed E-state index contributed by atoms with van der Waals surface area (Å²) in [5.41, 5.74) is 1.23. The molecule has 1 fully saturated rings. The zero-order valence-corrected chi connectivity index (χ0v) is 13.1. The molecule has 2 aliphatic rings. The van der Waals surface area contributed by atoms with E-state index in [0.29, 0.717) is 17.8 Å². The zero-order valence-electron chi connectivity index (χ0n) is 11.6. The molecule has 1 amide bonds. The molecule has 0 aromatic heterocycles. The molecule has 0 saturated carbocycles. The van der Waals surface area contributed by atoms with Crippen LogP contribution in [0.5, 0.6) is 0 Å². The second kappa shape index (κ2) is 6.40. The number of rotatable bonds is 4. The van der Waals surface area contributed by atoms with Gasteiger partial charge in [-0.15, -0.1) is 23.4 Å². The SMILES string of the molecule is O=C(C1CSc2ccccc21)N1CCCC1CCCCl. The number of fused-ring (bicyclic) bond motifs is 1. The lowest BCUT2D eigenvalue weighted by atomic mass is 9.99. The Morgan fingerprint density at radius 2 is 2.25 bits per heavy atom. The van der Waals surface area contributed by atoms with Crippen molar-refractivity contribution in [3.05, 3.63) is 29.8 Å². The van der Waals surface area contributed by atoms with Crippen molar-refractivity contribution in [1.29, 1.82) is 0 Å². The lowest BCUT2D eigenvalue weighted by Gasteiger charge is -2.27. The molecule has 1 saturated heterocycles. The van der Waals surface area contributed by atoms with E-state index >= 15 is 0 Å². The van der Waals surface area contributed by atoms with Crippen LogP contribution in [0.4, 0.5) is 0 Å². The number of likely N-dealkylation sites (tertiary alicyclic amines) is 1. The first-order chi connectivity index (χ1) is 9.81. The van der Waals surface area contributed by atoms with Crippen molar-refractivity contribution in [2.45, 2.75) is 42.5 Å². The molecule has 0 N–H and O–H groups in total. The molecule has 2 nitrogen and oxygen atoms in total. The number of benzene rings is 1. The maximum atomic E-state index is 12.9. The van der Waals surface area contributed by atoms with E-state index in [1.165, 1.54) is 10.5 Å². The first-order valence-electron chi connectivity index (χ1n) is 7.39. The van der Waals surface area contributed by atoms with E-state index in [1.54, 1.807) is 0 Å². The van der Waals surface area contributed by atoms with E-state index in [1.807, 2.05) is 17.8 Å². The monoisotopic (exact) mass is 309 g/mol. The summed E-state index contributed by atoms with van der Waals surface area (Å²) < 4.78 is 0. The summed E-state index contributed by atoms with van der Waals surface area (Å²) in [7, 11) is 0. The van der Waals surface area contributed by atoms with Crippen LogP contribution in [0.25, 0.3) is 0 Å². The van der Waals surface area contributed by atoms with Crippen molar-refractivity contribution in [3.8, 4) is 0 Å².